The molecular weight excluding hydrogens is 442 g/mol. The van der Waals surface area contributed by atoms with Crippen LogP contribution in [0.2, 0.25) is 0 Å². The zero-order valence-electron chi connectivity index (χ0n) is 19.7. The SMILES string of the molecule is CS[C@@H]([C@@H](O)/C=C/c1ccccc1)N1C(=O)OC(c2ccccc2)(c2ccccc2)[C@@H]1C(C)C. The number of benzene rings is 3. The highest BCUT2D eigenvalue weighted by Gasteiger charge is 2.59. The fourth-order valence-electron chi connectivity index (χ4n) is 4.90. The van der Waals surface area contributed by atoms with E-state index in [-0.39, 0.29) is 12.0 Å². The summed E-state index contributed by atoms with van der Waals surface area (Å²) < 4.78 is 6.34. The standard InChI is InChI=1S/C29H31NO3S/c1-21(2)26-29(23-15-9-5-10-16-23,24-17-11-6-12-18-24)33-28(32)30(26)27(34-3)25(31)20-19-22-13-7-4-8-14-22/h4-21,25-27,31H,1-3H3/b20-19+/t25-,26-,27-/m0/s1. The molecule has 4 nitrogen and oxygen atoms in total. The van der Waals surface area contributed by atoms with Crippen molar-refractivity contribution in [1.82, 2.24) is 4.90 Å². The van der Waals surface area contributed by atoms with Crippen LogP contribution in [0.15, 0.2) is 97.1 Å². The Morgan fingerprint density at radius 3 is 1.88 bits per heavy atom. The molecule has 5 heteroatoms. The number of hydrogen-bond donors (Lipinski definition) is 1. The first-order chi connectivity index (χ1) is 16.5. The summed E-state index contributed by atoms with van der Waals surface area (Å²) >= 11 is 1.45. The Bertz CT molecular complexity index is 1060. The molecule has 0 aliphatic carbocycles. The summed E-state index contributed by atoms with van der Waals surface area (Å²) in [5.41, 5.74) is 1.86. The molecule has 1 heterocycles. The Balaban J connectivity index is 1.78. The minimum absolute atomic E-state index is 0.0619. The second-order valence-electron chi connectivity index (χ2n) is 8.82. The molecule has 176 valence electrons. The maximum atomic E-state index is 13.6. The van der Waals surface area contributed by atoms with Gasteiger partial charge >= 0.3 is 6.09 Å². The molecular formula is C29H31NO3S. The van der Waals surface area contributed by atoms with E-state index in [0.29, 0.717) is 0 Å². The number of carbonyl (C=O) groups is 1. The normalized spacial score (nSPS) is 19.4. The number of ether oxygens (including phenoxy) is 1. The topological polar surface area (TPSA) is 49.8 Å². The zero-order chi connectivity index (χ0) is 24.1. The van der Waals surface area contributed by atoms with Gasteiger partial charge in [-0.1, -0.05) is 117 Å². The number of carbonyl (C=O) groups excluding carboxylic acids is 1. The van der Waals surface area contributed by atoms with E-state index >= 15 is 0 Å². The van der Waals surface area contributed by atoms with Crippen LogP contribution in [-0.2, 0) is 10.3 Å². The zero-order valence-corrected chi connectivity index (χ0v) is 20.6. The van der Waals surface area contributed by atoms with Crippen LogP contribution in [0.3, 0.4) is 0 Å². The first kappa shape index (κ1) is 24.1. The summed E-state index contributed by atoms with van der Waals surface area (Å²) in [5, 5.41) is 10.7. The quantitative estimate of drug-likeness (QED) is 0.425. The summed E-state index contributed by atoms with van der Waals surface area (Å²) in [6.45, 7) is 4.20. The molecule has 1 saturated heterocycles. The van der Waals surface area contributed by atoms with Gasteiger partial charge in [-0.2, -0.15) is 0 Å². The number of aliphatic hydroxyl groups excluding tert-OH is 1. The van der Waals surface area contributed by atoms with Crippen LogP contribution >= 0.6 is 11.8 Å². The molecule has 1 N–H and O–H groups in total. The van der Waals surface area contributed by atoms with Gasteiger partial charge in [0.05, 0.1) is 6.04 Å². The molecule has 0 saturated carbocycles. The number of cyclic esters (lactones) is 1. The highest BCUT2D eigenvalue weighted by atomic mass is 32.2. The Morgan fingerprint density at radius 2 is 1.41 bits per heavy atom. The van der Waals surface area contributed by atoms with Gasteiger partial charge in [-0.15, -0.1) is 11.8 Å². The van der Waals surface area contributed by atoms with Gasteiger partial charge in [0.25, 0.3) is 0 Å². The van der Waals surface area contributed by atoms with Crippen LogP contribution in [0.4, 0.5) is 4.79 Å². The first-order valence-electron chi connectivity index (χ1n) is 11.6. The second kappa shape index (κ2) is 10.5. The Kier molecular flexibility index (Phi) is 7.44. The third-order valence-corrected chi connectivity index (χ3v) is 7.29. The third-order valence-electron chi connectivity index (χ3n) is 6.31. The maximum absolute atomic E-state index is 13.6. The van der Waals surface area contributed by atoms with Gasteiger partial charge in [0.1, 0.15) is 11.5 Å². The fourth-order valence-corrected chi connectivity index (χ4v) is 5.71. The Morgan fingerprint density at radius 1 is 0.912 bits per heavy atom. The molecule has 0 aromatic heterocycles. The fraction of sp³-hybridized carbons (Fsp3) is 0.276. The van der Waals surface area contributed by atoms with Crippen LogP contribution in [0, 0.1) is 5.92 Å². The highest BCUT2D eigenvalue weighted by Crippen LogP contribution is 2.49. The molecule has 1 amide bonds. The summed E-state index contributed by atoms with van der Waals surface area (Å²) in [7, 11) is 0. The molecule has 4 rings (SSSR count). The van der Waals surface area contributed by atoms with Crippen molar-refractivity contribution in [3.05, 3.63) is 114 Å². The van der Waals surface area contributed by atoms with E-state index in [1.165, 1.54) is 11.8 Å². The van der Waals surface area contributed by atoms with Gasteiger partial charge in [-0.05, 0) is 17.7 Å². The van der Waals surface area contributed by atoms with Crippen molar-refractivity contribution in [3.63, 3.8) is 0 Å². The number of nitrogens with zero attached hydrogens (tertiary/aromatic N) is 1. The Hall–Kier alpha value is -3.02. The summed E-state index contributed by atoms with van der Waals surface area (Å²) in [4.78, 5) is 15.3. The van der Waals surface area contributed by atoms with Crippen molar-refractivity contribution in [2.45, 2.75) is 37.0 Å². The molecule has 1 aliphatic rings. The summed E-state index contributed by atoms with van der Waals surface area (Å²) in [6, 6.07) is 29.4. The monoisotopic (exact) mass is 473 g/mol. The molecule has 3 aromatic carbocycles. The molecule has 1 aliphatic heterocycles. The van der Waals surface area contributed by atoms with Crippen molar-refractivity contribution in [1.29, 1.82) is 0 Å². The Labute approximate surface area is 206 Å². The molecule has 34 heavy (non-hydrogen) atoms. The van der Waals surface area contributed by atoms with Crippen LogP contribution < -0.4 is 0 Å². The van der Waals surface area contributed by atoms with Gasteiger partial charge in [0.15, 0.2) is 5.60 Å². The largest absolute Gasteiger partial charge is 0.431 e. The van der Waals surface area contributed by atoms with E-state index < -0.39 is 23.2 Å². The smallest absolute Gasteiger partial charge is 0.412 e. The minimum Gasteiger partial charge on any atom is -0.431 e. The molecule has 0 unspecified atom stereocenters. The van der Waals surface area contributed by atoms with Gasteiger partial charge < -0.3 is 9.84 Å². The maximum Gasteiger partial charge on any atom is 0.412 e. The van der Waals surface area contributed by atoms with E-state index in [0.717, 1.165) is 16.7 Å². The number of thioether (sulfide) groups is 1. The lowest BCUT2D eigenvalue weighted by molar-refractivity contribution is 0.0512. The van der Waals surface area contributed by atoms with Crippen molar-refractivity contribution < 1.29 is 14.6 Å². The first-order valence-corrected chi connectivity index (χ1v) is 12.8. The van der Waals surface area contributed by atoms with Crippen LogP contribution in [0.25, 0.3) is 6.08 Å². The van der Waals surface area contributed by atoms with Gasteiger partial charge in [0, 0.05) is 11.1 Å². The van der Waals surface area contributed by atoms with E-state index in [1.54, 1.807) is 11.0 Å². The molecule has 1 fully saturated rings. The highest BCUT2D eigenvalue weighted by molar-refractivity contribution is 7.99. The lowest BCUT2D eigenvalue weighted by Gasteiger charge is -2.40. The van der Waals surface area contributed by atoms with E-state index in [2.05, 4.69) is 13.8 Å². The lowest BCUT2D eigenvalue weighted by atomic mass is 9.75. The van der Waals surface area contributed by atoms with E-state index in [4.69, 9.17) is 4.74 Å². The molecule has 0 bridgehead atoms. The number of amides is 1. The van der Waals surface area contributed by atoms with Crippen LogP contribution in [0.1, 0.15) is 30.5 Å². The number of rotatable bonds is 8. The summed E-state index contributed by atoms with van der Waals surface area (Å²) in [6.07, 6.45) is 4.28. The van der Waals surface area contributed by atoms with Crippen LogP contribution in [-0.4, -0.2) is 39.9 Å². The molecule has 3 atom stereocenters. The predicted octanol–water partition coefficient (Wildman–Crippen LogP) is 6.17. The third kappa shape index (κ3) is 4.50. The van der Waals surface area contributed by atoms with Gasteiger partial charge in [-0.3, -0.25) is 4.90 Å². The van der Waals surface area contributed by atoms with Crippen molar-refractivity contribution in [2.24, 2.45) is 5.92 Å². The molecule has 3 aromatic rings. The van der Waals surface area contributed by atoms with E-state index in [1.807, 2.05) is 103 Å². The van der Waals surface area contributed by atoms with Gasteiger partial charge in [-0.25, -0.2) is 4.79 Å². The number of hydrogen-bond acceptors (Lipinski definition) is 4. The average Bonchev–Trinajstić information content (AvgIpc) is 3.19. The minimum atomic E-state index is -0.982. The molecule has 0 radical (unpaired) electrons. The van der Waals surface area contributed by atoms with Crippen LogP contribution in [0.5, 0.6) is 0 Å². The number of aliphatic hydroxyl groups is 1. The van der Waals surface area contributed by atoms with E-state index in [9.17, 15) is 9.90 Å². The summed E-state index contributed by atoms with van der Waals surface area (Å²) in [5.74, 6) is 0.0619. The van der Waals surface area contributed by atoms with Crippen molar-refractivity contribution in [3.8, 4) is 0 Å². The van der Waals surface area contributed by atoms with Crippen molar-refractivity contribution >= 4 is 23.9 Å². The second-order valence-corrected chi connectivity index (χ2v) is 9.77. The lowest BCUT2D eigenvalue weighted by Crippen LogP contribution is -2.53. The average molecular weight is 474 g/mol. The molecule has 0 spiro atoms. The van der Waals surface area contributed by atoms with Crippen molar-refractivity contribution in [2.75, 3.05) is 6.26 Å². The van der Waals surface area contributed by atoms with Gasteiger partial charge in [0.2, 0.25) is 0 Å². The predicted molar refractivity (Wildman–Crippen MR) is 139 cm³/mol.